The smallest absolute Gasteiger partial charge is 0.267 e. The predicted molar refractivity (Wildman–Crippen MR) is 89.6 cm³/mol. The molecule has 1 saturated heterocycles. The van der Waals surface area contributed by atoms with Gasteiger partial charge in [0, 0.05) is 30.3 Å². The van der Waals surface area contributed by atoms with Gasteiger partial charge in [0.25, 0.3) is 5.91 Å². The van der Waals surface area contributed by atoms with Crippen molar-refractivity contribution in [3.63, 3.8) is 0 Å². The lowest BCUT2D eigenvalue weighted by Crippen LogP contribution is -2.35. The molecule has 0 aromatic carbocycles. The van der Waals surface area contributed by atoms with E-state index in [0.29, 0.717) is 5.92 Å². The number of hydrogen-bond donors (Lipinski definition) is 1. The second-order valence-electron chi connectivity index (χ2n) is 6.06. The maximum absolute atomic E-state index is 12.3. The van der Waals surface area contributed by atoms with Crippen LogP contribution in [0.4, 0.5) is 0 Å². The molecule has 1 N–H and O–H groups in total. The minimum atomic E-state index is 0.0300. The van der Waals surface area contributed by atoms with Crippen molar-refractivity contribution in [1.82, 2.24) is 14.8 Å². The number of rotatable bonds is 7. The van der Waals surface area contributed by atoms with Crippen molar-refractivity contribution < 1.29 is 4.79 Å². The normalized spacial score (nSPS) is 17.1. The van der Waals surface area contributed by atoms with Crippen LogP contribution in [0, 0.1) is 5.92 Å². The first kappa shape index (κ1) is 16.6. The number of carbonyl (C=O) groups excluding carboxylic acids is 1. The maximum Gasteiger partial charge on any atom is 0.267 e. The molecule has 21 heavy (non-hydrogen) atoms. The number of halogens is 1. The van der Waals surface area contributed by atoms with E-state index in [0.717, 1.165) is 36.2 Å². The summed E-state index contributed by atoms with van der Waals surface area (Å²) in [5, 5.41) is 3.08. The molecule has 1 unspecified atom stereocenters. The standard InChI is InChI=1S/C16H26BrN3O/c1-3-6-20-12-14(17)9-15(20)16(21)18-10-13(2)11-19-7-4-5-8-19/h9,12-13H,3-8,10-11H2,1-2H3,(H,18,21). The molecule has 0 radical (unpaired) electrons. The molecule has 1 aliphatic heterocycles. The van der Waals surface area contributed by atoms with Gasteiger partial charge < -0.3 is 14.8 Å². The molecule has 118 valence electrons. The van der Waals surface area contributed by atoms with E-state index in [1.165, 1.54) is 25.9 Å². The van der Waals surface area contributed by atoms with E-state index in [-0.39, 0.29) is 5.91 Å². The van der Waals surface area contributed by atoms with Crippen LogP contribution < -0.4 is 5.32 Å². The molecule has 1 aliphatic rings. The van der Waals surface area contributed by atoms with Crippen molar-refractivity contribution in [3.05, 3.63) is 22.4 Å². The highest BCUT2D eigenvalue weighted by molar-refractivity contribution is 9.10. The van der Waals surface area contributed by atoms with Gasteiger partial charge in [-0.3, -0.25) is 4.79 Å². The molecule has 1 atom stereocenters. The van der Waals surface area contributed by atoms with Gasteiger partial charge in [-0.1, -0.05) is 13.8 Å². The molecule has 2 heterocycles. The quantitative estimate of drug-likeness (QED) is 0.815. The second-order valence-corrected chi connectivity index (χ2v) is 6.98. The van der Waals surface area contributed by atoms with E-state index >= 15 is 0 Å². The third-order valence-electron chi connectivity index (χ3n) is 3.94. The first-order valence-electron chi connectivity index (χ1n) is 7.96. The zero-order valence-electron chi connectivity index (χ0n) is 13.1. The zero-order valence-corrected chi connectivity index (χ0v) is 14.7. The lowest BCUT2D eigenvalue weighted by molar-refractivity contribution is 0.0935. The Kier molecular flexibility index (Phi) is 6.30. The van der Waals surface area contributed by atoms with Gasteiger partial charge in [-0.15, -0.1) is 0 Å². The highest BCUT2D eigenvalue weighted by Crippen LogP contribution is 2.16. The van der Waals surface area contributed by atoms with Crippen molar-refractivity contribution in [2.45, 2.75) is 39.7 Å². The van der Waals surface area contributed by atoms with E-state index in [1.807, 2.05) is 16.8 Å². The van der Waals surface area contributed by atoms with Crippen LogP contribution in [0.3, 0.4) is 0 Å². The van der Waals surface area contributed by atoms with E-state index in [2.05, 4.69) is 40.0 Å². The van der Waals surface area contributed by atoms with Gasteiger partial charge >= 0.3 is 0 Å². The Morgan fingerprint density at radius 2 is 2.14 bits per heavy atom. The summed E-state index contributed by atoms with van der Waals surface area (Å²) in [6.07, 6.45) is 5.63. The monoisotopic (exact) mass is 355 g/mol. The lowest BCUT2D eigenvalue weighted by Gasteiger charge is -2.20. The van der Waals surface area contributed by atoms with Crippen LogP contribution in [-0.2, 0) is 6.54 Å². The zero-order chi connectivity index (χ0) is 15.2. The SMILES string of the molecule is CCCn1cc(Br)cc1C(=O)NCC(C)CN1CCCC1. The molecule has 5 heteroatoms. The van der Waals surface area contributed by atoms with Crippen LogP contribution in [0.25, 0.3) is 0 Å². The summed E-state index contributed by atoms with van der Waals surface area (Å²) in [4.78, 5) is 14.8. The largest absolute Gasteiger partial charge is 0.350 e. The second kappa shape index (κ2) is 7.99. The number of carbonyl (C=O) groups is 1. The summed E-state index contributed by atoms with van der Waals surface area (Å²) in [7, 11) is 0. The number of aromatic nitrogens is 1. The molecular formula is C16H26BrN3O. The Morgan fingerprint density at radius 1 is 1.43 bits per heavy atom. The predicted octanol–water partition coefficient (Wildman–Crippen LogP) is 3.12. The molecule has 0 saturated carbocycles. The van der Waals surface area contributed by atoms with Gasteiger partial charge in [0.1, 0.15) is 5.69 Å². The summed E-state index contributed by atoms with van der Waals surface area (Å²) in [5.74, 6) is 0.521. The van der Waals surface area contributed by atoms with Crippen LogP contribution in [0.15, 0.2) is 16.7 Å². The number of likely N-dealkylation sites (tertiary alicyclic amines) is 1. The summed E-state index contributed by atoms with van der Waals surface area (Å²) >= 11 is 3.45. The number of hydrogen-bond acceptors (Lipinski definition) is 2. The van der Waals surface area contributed by atoms with E-state index < -0.39 is 0 Å². The minimum Gasteiger partial charge on any atom is -0.350 e. The number of aryl methyl sites for hydroxylation is 1. The van der Waals surface area contributed by atoms with Crippen molar-refractivity contribution >= 4 is 21.8 Å². The van der Waals surface area contributed by atoms with Crippen molar-refractivity contribution in [3.8, 4) is 0 Å². The first-order chi connectivity index (χ1) is 10.1. The molecule has 1 aromatic heterocycles. The Balaban J connectivity index is 1.83. The molecule has 0 spiro atoms. The molecular weight excluding hydrogens is 330 g/mol. The molecule has 2 rings (SSSR count). The van der Waals surface area contributed by atoms with Crippen molar-refractivity contribution in [1.29, 1.82) is 0 Å². The molecule has 1 aromatic rings. The van der Waals surface area contributed by atoms with Crippen molar-refractivity contribution in [2.24, 2.45) is 5.92 Å². The lowest BCUT2D eigenvalue weighted by atomic mass is 10.1. The van der Waals surface area contributed by atoms with Crippen LogP contribution in [0.1, 0.15) is 43.6 Å². The van der Waals surface area contributed by atoms with E-state index in [4.69, 9.17) is 0 Å². The molecule has 1 amide bonds. The number of amides is 1. The van der Waals surface area contributed by atoms with E-state index in [1.54, 1.807) is 0 Å². The Morgan fingerprint density at radius 3 is 2.81 bits per heavy atom. The molecule has 1 fully saturated rings. The minimum absolute atomic E-state index is 0.0300. The fraction of sp³-hybridized carbons (Fsp3) is 0.688. The average molecular weight is 356 g/mol. The van der Waals surface area contributed by atoms with Gasteiger partial charge in [-0.2, -0.15) is 0 Å². The Hall–Kier alpha value is -0.810. The van der Waals surface area contributed by atoms with E-state index in [9.17, 15) is 4.79 Å². The molecule has 0 bridgehead atoms. The topological polar surface area (TPSA) is 37.3 Å². The van der Waals surface area contributed by atoms with Crippen LogP contribution in [0.5, 0.6) is 0 Å². The van der Waals surface area contributed by atoms with Gasteiger partial charge in [0.15, 0.2) is 0 Å². The van der Waals surface area contributed by atoms with Gasteiger partial charge in [-0.25, -0.2) is 0 Å². The van der Waals surface area contributed by atoms with Gasteiger partial charge in [0.05, 0.1) is 0 Å². The highest BCUT2D eigenvalue weighted by atomic mass is 79.9. The van der Waals surface area contributed by atoms with Crippen LogP contribution >= 0.6 is 15.9 Å². The summed E-state index contributed by atoms with van der Waals surface area (Å²) < 4.78 is 2.98. The Labute approximate surface area is 136 Å². The van der Waals surface area contributed by atoms with Crippen LogP contribution in [0.2, 0.25) is 0 Å². The summed E-state index contributed by atoms with van der Waals surface area (Å²) in [6.45, 7) is 9.45. The van der Waals surface area contributed by atoms with Crippen molar-refractivity contribution in [2.75, 3.05) is 26.2 Å². The van der Waals surface area contributed by atoms with Gasteiger partial charge in [-0.05, 0) is 60.3 Å². The fourth-order valence-electron chi connectivity index (χ4n) is 2.92. The highest BCUT2D eigenvalue weighted by Gasteiger charge is 2.17. The Bertz CT molecular complexity index is 466. The first-order valence-corrected chi connectivity index (χ1v) is 8.75. The fourth-order valence-corrected chi connectivity index (χ4v) is 3.38. The third-order valence-corrected chi connectivity index (χ3v) is 4.37. The number of nitrogens with zero attached hydrogens (tertiary/aromatic N) is 2. The maximum atomic E-state index is 12.3. The average Bonchev–Trinajstić information content (AvgIpc) is 3.06. The van der Waals surface area contributed by atoms with Gasteiger partial charge in [0.2, 0.25) is 0 Å². The van der Waals surface area contributed by atoms with Crippen LogP contribution in [-0.4, -0.2) is 41.6 Å². The summed E-state index contributed by atoms with van der Waals surface area (Å²) in [5.41, 5.74) is 0.747. The number of nitrogens with one attached hydrogen (secondary N) is 1. The summed E-state index contributed by atoms with van der Waals surface area (Å²) in [6, 6.07) is 1.90. The molecule has 4 nitrogen and oxygen atoms in total. The molecule has 0 aliphatic carbocycles. The third kappa shape index (κ3) is 4.85.